The van der Waals surface area contributed by atoms with Crippen LogP contribution in [0.25, 0.3) is 0 Å². The van der Waals surface area contributed by atoms with Crippen LogP contribution in [0.2, 0.25) is 0 Å². The fourth-order valence-electron chi connectivity index (χ4n) is 2.02. The zero-order chi connectivity index (χ0) is 14.0. The van der Waals surface area contributed by atoms with Gasteiger partial charge in [0.15, 0.2) is 0 Å². The van der Waals surface area contributed by atoms with E-state index in [-0.39, 0.29) is 11.9 Å². The largest absolute Gasteiger partial charge is 0.345 e. The molecule has 2 rings (SSSR count). The average Bonchev–Trinajstić information content (AvgIpc) is 2.95. The molecule has 1 atom stereocenters. The lowest BCUT2D eigenvalue weighted by molar-refractivity contribution is 0.0939. The quantitative estimate of drug-likeness (QED) is 0.905. The second-order valence-corrected chi connectivity index (χ2v) is 4.62. The molecule has 2 aromatic heterocycles. The molecule has 2 aromatic rings. The molecule has 0 radical (unpaired) electrons. The van der Waals surface area contributed by atoms with Crippen molar-refractivity contribution in [3.63, 3.8) is 0 Å². The van der Waals surface area contributed by atoms with Gasteiger partial charge in [0, 0.05) is 31.5 Å². The Kier molecular flexibility index (Phi) is 3.69. The van der Waals surface area contributed by atoms with Crippen LogP contribution in [0.15, 0.2) is 18.6 Å². The summed E-state index contributed by atoms with van der Waals surface area (Å²) in [5.41, 5.74) is 2.55. The summed E-state index contributed by atoms with van der Waals surface area (Å²) < 4.78 is 3.48. The topological polar surface area (TPSA) is 64.7 Å². The molecule has 1 N–H and O–H groups in total. The molecule has 2 heterocycles. The molecule has 19 heavy (non-hydrogen) atoms. The Morgan fingerprint density at radius 2 is 2.21 bits per heavy atom. The summed E-state index contributed by atoms with van der Waals surface area (Å²) in [7, 11) is 1.79. The summed E-state index contributed by atoms with van der Waals surface area (Å²) in [6.07, 6.45) is 5.23. The number of rotatable bonds is 4. The second kappa shape index (κ2) is 5.26. The molecule has 0 aliphatic heterocycles. The van der Waals surface area contributed by atoms with Gasteiger partial charge >= 0.3 is 0 Å². The number of hydrogen-bond acceptors (Lipinski definition) is 3. The lowest BCUT2D eigenvalue weighted by Gasteiger charge is -2.12. The molecule has 0 saturated carbocycles. The molecule has 0 aromatic carbocycles. The number of carbonyl (C=O) groups excluding carboxylic acids is 1. The smallest absolute Gasteiger partial charge is 0.254 e. The first-order valence-electron chi connectivity index (χ1n) is 6.34. The minimum Gasteiger partial charge on any atom is -0.345 e. The highest BCUT2D eigenvalue weighted by Crippen LogP contribution is 2.16. The zero-order valence-electron chi connectivity index (χ0n) is 11.7. The average molecular weight is 261 g/mol. The lowest BCUT2D eigenvalue weighted by atomic mass is 10.1. The highest BCUT2D eigenvalue weighted by molar-refractivity contribution is 5.93. The minimum absolute atomic E-state index is 0.0759. The summed E-state index contributed by atoms with van der Waals surface area (Å²) in [6, 6.07) is -0.0759. The van der Waals surface area contributed by atoms with Gasteiger partial charge in [-0.15, -0.1) is 0 Å². The fourth-order valence-corrected chi connectivity index (χ4v) is 2.02. The molecule has 0 fully saturated rings. The number of nitrogens with zero attached hydrogens (tertiary/aromatic N) is 4. The first-order chi connectivity index (χ1) is 9.01. The zero-order valence-corrected chi connectivity index (χ0v) is 11.7. The molecule has 1 unspecified atom stereocenters. The number of carbonyl (C=O) groups is 1. The third-order valence-corrected chi connectivity index (χ3v) is 3.09. The lowest BCUT2D eigenvalue weighted by Crippen LogP contribution is -2.26. The molecular weight excluding hydrogens is 242 g/mol. The first-order valence-corrected chi connectivity index (χ1v) is 6.34. The van der Waals surface area contributed by atoms with Gasteiger partial charge in [0.1, 0.15) is 0 Å². The van der Waals surface area contributed by atoms with Gasteiger partial charge in [0.2, 0.25) is 0 Å². The minimum atomic E-state index is -0.121. The molecular formula is C13H19N5O. The van der Waals surface area contributed by atoms with Crippen molar-refractivity contribution in [1.82, 2.24) is 24.9 Å². The van der Waals surface area contributed by atoms with Crippen LogP contribution in [-0.4, -0.2) is 25.5 Å². The van der Waals surface area contributed by atoms with Gasteiger partial charge in [0.05, 0.1) is 23.5 Å². The van der Waals surface area contributed by atoms with E-state index >= 15 is 0 Å². The Morgan fingerprint density at radius 3 is 2.74 bits per heavy atom. The van der Waals surface area contributed by atoms with Crippen molar-refractivity contribution in [3.05, 3.63) is 35.4 Å². The number of nitrogens with one attached hydrogen (secondary N) is 1. The highest BCUT2D eigenvalue weighted by atomic mass is 16.1. The van der Waals surface area contributed by atoms with Crippen molar-refractivity contribution in [2.45, 2.75) is 33.4 Å². The third-order valence-electron chi connectivity index (χ3n) is 3.09. The van der Waals surface area contributed by atoms with Crippen LogP contribution in [0.3, 0.4) is 0 Å². The predicted octanol–water partition coefficient (Wildman–Crippen LogP) is 1.44. The van der Waals surface area contributed by atoms with E-state index in [0.29, 0.717) is 5.56 Å². The number of aryl methyl sites for hydroxylation is 3. The molecule has 0 bridgehead atoms. The third kappa shape index (κ3) is 2.83. The Labute approximate surface area is 112 Å². The van der Waals surface area contributed by atoms with Crippen molar-refractivity contribution >= 4 is 5.91 Å². The van der Waals surface area contributed by atoms with Crippen molar-refractivity contribution in [2.75, 3.05) is 0 Å². The Bertz CT molecular complexity index is 584. The molecule has 0 aliphatic rings. The molecule has 1 amide bonds. The highest BCUT2D eigenvalue weighted by Gasteiger charge is 2.16. The standard InChI is InChI=1S/C13H19N5O/c1-5-18-8-12(10(3)16-18)9(2)15-13(19)11-6-14-17(4)7-11/h6-9H,5H2,1-4H3,(H,15,19). The summed E-state index contributed by atoms with van der Waals surface area (Å²) >= 11 is 0. The molecule has 102 valence electrons. The predicted molar refractivity (Wildman–Crippen MR) is 71.7 cm³/mol. The van der Waals surface area contributed by atoms with Crippen LogP contribution < -0.4 is 5.32 Å². The van der Waals surface area contributed by atoms with Gasteiger partial charge in [-0.25, -0.2) is 0 Å². The number of aromatic nitrogens is 4. The van der Waals surface area contributed by atoms with Gasteiger partial charge < -0.3 is 5.32 Å². The van der Waals surface area contributed by atoms with E-state index in [0.717, 1.165) is 17.8 Å². The molecule has 6 nitrogen and oxygen atoms in total. The molecule has 0 aliphatic carbocycles. The maximum atomic E-state index is 12.0. The summed E-state index contributed by atoms with van der Waals surface area (Å²) in [5, 5.41) is 11.3. The van der Waals surface area contributed by atoms with Crippen LogP contribution in [0.5, 0.6) is 0 Å². The number of amides is 1. The Morgan fingerprint density at radius 1 is 1.47 bits per heavy atom. The first kappa shape index (κ1) is 13.3. The second-order valence-electron chi connectivity index (χ2n) is 4.62. The van der Waals surface area contributed by atoms with Gasteiger partial charge in [-0.2, -0.15) is 10.2 Å². The van der Waals surface area contributed by atoms with Crippen LogP contribution in [0.4, 0.5) is 0 Å². The van der Waals surface area contributed by atoms with Crippen LogP contribution in [0.1, 0.15) is 41.5 Å². The van der Waals surface area contributed by atoms with E-state index in [1.807, 2.05) is 31.6 Å². The molecule has 0 saturated heterocycles. The molecule has 0 spiro atoms. The summed E-state index contributed by atoms with van der Waals surface area (Å²) in [4.78, 5) is 12.0. The van der Waals surface area contributed by atoms with E-state index in [4.69, 9.17) is 0 Å². The monoisotopic (exact) mass is 261 g/mol. The Hall–Kier alpha value is -2.11. The maximum Gasteiger partial charge on any atom is 0.254 e. The van der Waals surface area contributed by atoms with Gasteiger partial charge in [-0.3, -0.25) is 14.2 Å². The number of hydrogen-bond donors (Lipinski definition) is 1. The molecule has 6 heteroatoms. The summed E-state index contributed by atoms with van der Waals surface area (Å²) in [5.74, 6) is -0.121. The van der Waals surface area contributed by atoms with E-state index in [1.165, 1.54) is 0 Å². The van der Waals surface area contributed by atoms with Crippen LogP contribution in [-0.2, 0) is 13.6 Å². The van der Waals surface area contributed by atoms with Crippen LogP contribution >= 0.6 is 0 Å². The Balaban J connectivity index is 2.10. The van der Waals surface area contributed by atoms with Crippen molar-refractivity contribution in [2.24, 2.45) is 7.05 Å². The normalized spacial score (nSPS) is 12.4. The van der Waals surface area contributed by atoms with Crippen molar-refractivity contribution < 1.29 is 4.79 Å². The van der Waals surface area contributed by atoms with Crippen LogP contribution in [0, 0.1) is 6.92 Å². The van der Waals surface area contributed by atoms with Gasteiger partial charge in [-0.1, -0.05) is 0 Å². The van der Waals surface area contributed by atoms with E-state index in [1.54, 1.807) is 24.1 Å². The van der Waals surface area contributed by atoms with E-state index in [2.05, 4.69) is 15.5 Å². The maximum absolute atomic E-state index is 12.0. The van der Waals surface area contributed by atoms with E-state index in [9.17, 15) is 4.79 Å². The fraction of sp³-hybridized carbons (Fsp3) is 0.462. The van der Waals surface area contributed by atoms with Gasteiger partial charge in [-0.05, 0) is 20.8 Å². The van der Waals surface area contributed by atoms with Crippen molar-refractivity contribution in [3.8, 4) is 0 Å². The van der Waals surface area contributed by atoms with Gasteiger partial charge in [0.25, 0.3) is 5.91 Å². The van der Waals surface area contributed by atoms with Crippen molar-refractivity contribution in [1.29, 1.82) is 0 Å². The summed E-state index contributed by atoms with van der Waals surface area (Å²) in [6.45, 7) is 6.77. The SMILES string of the molecule is CCn1cc(C(C)NC(=O)c2cnn(C)c2)c(C)n1. The van der Waals surface area contributed by atoms with E-state index < -0.39 is 0 Å².